The Kier molecular flexibility index (Phi) is 4.07. The number of nitrogens with zero attached hydrogens (tertiary/aromatic N) is 2. The predicted octanol–water partition coefficient (Wildman–Crippen LogP) is 2.97. The van der Waals surface area contributed by atoms with E-state index in [1.54, 1.807) is 16.2 Å². The minimum absolute atomic E-state index is 0.114. The number of amides is 1. The summed E-state index contributed by atoms with van der Waals surface area (Å²) in [6, 6.07) is 6.01. The topological polar surface area (TPSA) is 42.4 Å². The number of rotatable bonds is 3. The maximum absolute atomic E-state index is 11.9. The molecule has 1 aliphatic rings. The van der Waals surface area contributed by atoms with Gasteiger partial charge in [0, 0.05) is 11.0 Å². The lowest BCUT2D eigenvalue weighted by Gasteiger charge is -2.11. The van der Waals surface area contributed by atoms with Gasteiger partial charge in [0.15, 0.2) is 4.34 Å². The number of halogens is 1. The number of carbonyl (C=O) groups is 1. The van der Waals surface area contributed by atoms with Crippen LogP contribution in [0.5, 0.6) is 0 Å². The first kappa shape index (κ1) is 13.4. The summed E-state index contributed by atoms with van der Waals surface area (Å²) in [6.45, 7) is 1.77. The van der Waals surface area contributed by atoms with E-state index in [1.165, 1.54) is 11.8 Å². The Morgan fingerprint density at radius 1 is 1.58 bits per heavy atom. The number of thiazole rings is 1. The molecule has 0 atom stereocenters. The molecule has 100 valence electrons. The summed E-state index contributed by atoms with van der Waals surface area (Å²) in [5.74, 6) is 0.535. The molecule has 2 aromatic rings. The molecule has 1 fully saturated rings. The van der Waals surface area contributed by atoms with E-state index < -0.39 is 0 Å². The van der Waals surface area contributed by atoms with Gasteiger partial charge in [-0.05, 0) is 18.2 Å². The Morgan fingerprint density at radius 2 is 2.47 bits per heavy atom. The van der Waals surface area contributed by atoms with Crippen molar-refractivity contribution in [1.29, 1.82) is 0 Å². The van der Waals surface area contributed by atoms with Crippen molar-refractivity contribution in [3.8, 4) is 0 Å². The summed E-state index contributed by atoms with van der Waals surface area (Å²) < 4.78 is 8.28. The molecule has 19 heavy (non-hydrogen) atoms. The van der Waals surface area contributed by atoms with Crippen LogP contribution in [-0.4, -0.2) is 41.4 Å². The van der Waals surface area contributed by atoms with Crippen molar-refractivity contribution in [2.24, 2.45) is 0 Å². The number of aromatic nitrogens is 1. The molecule has 1 saturated heterocycles. The normalized spacial score (nSPS) is 15.3. The first-order chi connectivity index (χ1) is 9.22. The molecular weight excluding hydrogens is 348 g/mol. The maximum Gasteiger partial charge on any atom is 0.234 e. The molecular formula is C12H11BrN2O2S2. The Labute approximate surface area is 127 Å². The summed E-state index contributed by atoms with van der Waals surface area (Å²) in [6.07, 6.45) is 0. The maximum atomic E-state index is 11.9. The molecule has 1 amide bonds. The summed E-state index contributed by atoms with van der Waals surface area (Å²) in [5, 5.41) is 0. The van der Waals surface area contributed by atoms with Crippen molar-refractivity contribution in [3.05, 3.63) is 22.7 Å². The molecule has 1 aliphatic heterocycles. The lowest BCUT2D eigenvalue weighted by molar-refractivity contribution is -0.128. The van der Waals surface area contributed by atoms with Crippen LogP contribution in [0.2, 0.25) is 0 Å². The van der Waals surface area contributed by atoms with Gasteiger partial charge in [0.2, 0.25) is 5.91 Å². The highest BCUT2D eigenvalue weighted by Crippen LogP contribution is 2.31. The third-order valence-corrected chi connectivity index (χ3v) is 5.39. The van der Waals surface area contributed by atoms with Crippen molar-refractivity contribution in [1.82, 2.24) is 9.88 Å². The van der Waals surface area contributed by atoms with Gasteiger partial charge in [-0.2, -0.15) is 0 Å². The fourth-order valence-electron chi connectivity index (χ4n) is 1.76. The van der Waals surface area contributed by atoms with Crippen LogP contribution in [0, 0.1) is 0 Å². The van der Waals surface area contributed by atoms with Gasteiger partial charge in [0.1, 0.15) is 6.73 Å². The SMILES string of the molecule is O=C(CSc1nc2ccc(Br)cc2s1)N1CCOC1. The molecule has 0 saturated carbocycles. The number of benzene rings is 1. The lowest BCUT2D eigenvalue weighted by atomic mass is 10.3. The lowest BCUT2D eigenvalue weighted by Crippen LogP contribution is -2.29. The summed E-state index contributed by atoms with van der Waals surface area (Å²) in [7, 11) is 0. The smallest absolute Gasteiger partial charge is 0.234 e. The number of fused-ring (bicyclic) bond motifs is 1. The first-order valence-electron chi connectivity index (χ1n) is 5.77. The van der Waals surface area contributed by atoms with Crippen molar-refractivity contribution in [3.63, 3.8) is 0 Å². The van der Waals surface area contributed by atoms with E-state index in [1.807, 2.05) is 18.2 Å². The highest BCUT2D eigenvalue weighted by atomic mass is 79.9. The van der Waals surface area contributed by atoms with Crippen molar-refractivity contribution in [2.45, 2.75) is 4.34 Å². The van der Waals surface area contributed by atoms with Crippen LogP contribution in [0.1, 0.15) is 0 Å². The van der Waals surface area contributed by atoms with Gasteiger partial charge in [-0.15, -0.1) is 11.3 Å². The molecule has 1 aromatic heterocycles. The molecule has 0 unspecified atom stereocenters. The van der Waals surface area contributed by atoms with Gasteiger partial charge in [-0.1, -0.05) is 27.7 Å². The molecule has 3 rings (SSSR count). The average molecular weight is 359 g/mol. The first-order valence-corrected chi connectivity index (χ1v) is 8.36. The highest BCUT2D eigenvalue weighted by Gasteiger charge is 2.18. The fraction of sp³-hybridized carbons (Fsp3) is 0.333. The van der Waals surface area contributed by atoms with Crippen LogP contribution >= 0.6 is 39.0 Å². The monoisotopic (exact) mass is 358 g/mol. The van der Waals surface area contributed by atoms with E-state index in [0.717, 1.165) is 19.0 Å². The van der Waals surface area contributed by atoms with Gasteiger partial charge in [0.25, 0.3) is 0 Å². The second-order valence-corrected chi connectivity index (χ2v) is 7.24. The van der Waals surface area contributed by atoms with Gasteiger partial charge in [-0.25, -0.2) is 4.98 Å². The van der Waals surface area contributed by atoms with E-state index in [2.05, 4.69) is 20.9 Å². The number of ether oxygens (including phenoxy) is 1. The van der Waals surface area contributed by atoms with Gasteiger partial charge >= 0.3 is 0 Å². The van der Waals surface area contributed by atoms with Crippen molar-refractivity contribution < 1.29 is 9.53 Å². The standard InChI is InChI=1S/C12H11BrN2O2S2/c13-8-1-2-9-10(5-8)19-12(14-9)18-6-11(16)15-3-4-17-7-15/h1-2,5H,3-4,6-7H2. The van der Waals surface area contributed by atoms with Gasteiger partial charge in [-0.3, -0.25) is 4.79 Å². The summed E-state index contributed by atoms with van der Waals surface area (Å²) >= 11 is 6.55. The third kappa shape index (κ3) is 3.10. The van der Waals surface area contributed by atoms with Gasteiger partial charge < -0.3 is 9.64 Å². The minimum Gasteiger partial charge on any atom is -0.359 e. The van der Waals surface area contributed by atoms with Crippen molar-refractivity contribution in [2.75, 3.05) is 25.6 Å². The summed E-state index contributed by atoms with van der Waals surface area (Å²) in [4.78, 5) is 18.1. The second kappa shape index (κ2) is 5.78. The average Bonchev–Trinajstić information content (AvgIpc) is 3.04. The molecule has 1 aromatic carbocycles. The Hall–Kier alpha value is -0.630. The zero-order chi connectivity index (χ0) is 13.2. The molecule has 0 N–H and O–H groups in total. The zero-order valence-corrected chi connectivity index (χ0v) is 13.2. The molecule has 7 heteroatoms. The largest absolute Gasteiger partial charge is 0.359 e. The molecule has 0 aliphatic carbocycles. The van der Waals surface area contributed by atoms with Crippen molar-refractivity contribution >= 4 is 55.2 Å². The molecule has 4 nitrogen and oxygen atoms in total. The van der Waals surface area contributed by atoms with E-state index in [0.29, 0.717) is 25.6 Å². The zero-order valence-electron chi connectivity index (χ0n) is 9.97. The Balaban J connectivity index is 1.66. The number of hydrogen-bond acceptors (Lipinski definition) is 5. The third-order valence-electron chi connectivity index (χ3n) is 2.76. The van der Waals surface area contributed by atoms with Gasteiger partial charge in [0.05, 0.1) is 22.6 Å². The molecule has 0 bridgehead atoms. The quantitative estimate of drug-likeness (QED) is 0.791. The molecule has 2 heterocycles. The van der Waals surface area contributed by atoms with E-state index in [-0.39, 0.29) is 5.91 Å². The Morgan fingerprint density at radius 3 is 3.26 bits per heavy atom. The van der Waals surface area contributed by atoms with E-state index in [4.69, 9.17) is 4.74 Å². The number of carbonyl (C=O) groups excluding carboxylic acids is 1. The molecule has 0 spiro atoms. The fourth-order valence-corrected chi connectivity index (χ4v) is 4.29. The molecule has 0 radical (unpaired) electrons. The van der Waals surface area contributed by atoms with Crippen LogP contribution in [0.25, 0.3) is 10.2 Å². The predicted molar refractivity (Wildman–Crippen MR) is 80.6 cm³/mol. The second-order valence-electron chi connectivity index (χ2n) is 4.08. The van der Waals surface area contributed by atoms with E-state index >= 15 is 0 Å². The van der Waals surface area contributed by atoms with E-state index in [9.17, 15) is 4.79 Å². The highest BCUT2D eigenvalue weighted by molar-refractivity contribution is 9.10. The minimum atomic E-state index is 0.114. The van der Waals surface area contributed by atoms with Crippen LogP contribution in [0.4, 0.5) is 0 Å². The van der Waals surface area contributed by atoms with Crippen LogP contribution in [0.3, 0.4) is 0 Å². The van der Waals surface area contributed by atoms with Crippen LogP contribution < -0.4 is 0 Å². The summed E-state index contributed by atoms with van der Waals surface area (Å²) in [5.41, 5.74) is 0.979. The number of thioether (sulfide) groups is 1. The Bertz CT molecular complexity index is 611. The van der Waals surface area contributed by atoms with Crippen LogP contribution in [-0.2, 0) is 9.53 Å². The number of hydrogen-bond donors (Lipinski definition) is 0. The van der Waals surface area contributed by atoms with Crippen LogP contribution in [0.15, 0.2) is 27.0 Å².